The second kappa shape index (κ2) is 7.86. The maximum atomic E-state index is 9.53. The van der Waals surface area contributed by atoms with Gasteiger partial charge in [-0.05, 0) is 18.4 Å². The Labute approximate surface area is 151 Å². The summed E-state index contributed by atoms with van der Waals surface area (Å²) in [6.07, 6.45) is 1.54. The Balaban J connectivity index is 1.79. The summed E-state index contributed by atoms with van der Waals surface area (Å²) in [5, 5.41) is 24.2. The van der Waals surface area contributed by atoms with Crippen LogP contribution < -0.4 is 5.32 Å². The van der Waals surface area contributed by atoms with E-state index in [1.807, 2.05) is 49.6 Å². The van der Waals surface area contributed by atoms with E-state index < -0.39 is 0 Å². The van der Waals surface area contributed by atoms with Crippen molar-refractivity contribution in [3.63, 3.8) is 0 Å². The first-order valence-electron chi connectivity index (χ1n) is 8.29. The second-order valence-corrected chi connectivity index (χ2v) is 6.39. The van der Waals surface area contributed by atoms with Gasteiger partial charge < -0.3 is 5.32 Å². The van der Waals surface area contributed by atoms with Crippen LogP contribution in [0, 0.1) is 11.3 Å². The van der Waals surface area contributed by atoms with Gasteiger partial charge in [0.25, 0.3) is 0 Å². The van der Waals surface area contributed by atoms with Crippen LogP contribution in [0.3, 0.4) is 0 Å². The number of aryl methyl sites for hydroxylation is 1. The minimum atomic E-state index is 0.515. The van der Waals surface area contributed by atoms with Gasteiger partial charge in [-0.2, -0.15) is 10.4 Å². The first-order chi connectivity index (χ1) is 12.3. The molecule has 2 aromatic heterocycles. The van der Waals surface area contributed by atoms with E-state index in [4.69, 9.17) is 0 Å². The van der Waals surface area contributed by atoms with Crippen molar-refractivity contribution in [3.8, 4) is 16.6 Å². The van der Waals surface area contributed by atoms with Crippen LogP contribution in [0.25, 0.3) is 10.6 Å². The Morgan fingerprint density at radius 1 is 1.12 bits per heavy atom. The van der Waals surface area contributed by atoms with Crippen LogP contribution in [-0.4, -0.2) is 15.2 Å². The smallest absolute Gasteiger partial charge is 0.167 e. The number of aromatic nitrogens is 3. The molecular formula is C19H19N5S. The predicted octanol–water partition coefficient (Wildman–Crippen LogP) is 4.21. The summed E-state index contributed by atoms with van der Waals surface area (Å²) >= 11 is 1.61. The largest absolute Gasteiger partial charge is 0.362 e. The molecule has 0 saturated carbocycles. The van der Waals surface area contributed by atoms with Crippen molar-refractivity contribution >= 4 is 17.2 Å². The van der Waals surface area contributed by atoms with E-state index in [0.29, 0.717) is 17.9 Å². The lowest BCUT2D eigenvalue weighted by Gasteiger charge is -2.11. The molecule has 0 unspecified atom stereocenters. The number of rotatable bonds is 6. The van der Waals surface area contributed by atoms with Crippen molar-refractivity contribution in [1.29, 1.82) is 5.26 Å². The molecule has 1 N–H and O–H groups in total. The molecule has 0 aliphatic heterocycles. The van der Waals surface area contributed by atoms with Crippen LogP contribution in [0.4, 0.5) is 5.82 Å². The predicted molar refractivity (Wildman–Crippen MR) is 100 cm³/mol. The van der Waals surface area contributed by atoms with Gasteiger partial charge in [-0.15, -0.1) is 16.4 Å². The lowest BCUT2D eigenvalue weighted by atomic mass is 10.0. The third kappa shape index (κ3) is 3.67. The second-order valence-electron chi connectivity index (χ2n) is 5.53. The highest BCUT2D eigenvalue weighted by Crippen LogP contribution is 2.24. The zero-order valence-corrected chi connectivity index (χ0v) is 15.1. The molecule has 0 radical (unpaired) electrons. The summed E-state index contributed by atoms with van der Waals surface area (Å²) < 4.78 is 0. The van der Waals surface area contributed by atoms with Crippen molar-refractivity contribution in [2.24, 2.45) is 0 Å². The molecule has 0 amide bonds. The number of hydrogen-bond acceptors (Lipinski definition) is 6. The molecule has 2 heterocycles. The molecular weight excluding hydrogens is 330 g/mol. The van der Waals surface area contributed by atoms with E-state index in [-0.39, 0.29) is 0 Å². The zero-order chi connectivity index (χ0) is 17.6. The molecule has 0 fully saturated rings. The Morgan fingerprint density at radius 2 is 1.92 bits per heavy atom. The molecule has 5 nitrogen and oxygen atoms in total. The summed E-state index contributed by atoms with van der Waals surface area (Å²) in [6.45, 7) is 4.58. The van der Waals surface area contributed by atoms with E-state index in [1.54, 1.807) is 11.3 Å². The molecule has 0 aliphatic rings. The monoisotopic (exact) mass is 349 g/mol. The van der Waals surface area contributed by atoms with Gasteiger partial charge >= 0.3 is 0 Å². The molecule has 126 valence electrons. The molecule has 3 aromatic rings. The molecule has 3 rings (SSSR count). The molecule has 1 aromatic carbocycles. The van der Waals surface area contributed by atoms with Crippen molar-refractivity contribution in [2.45, 2.75) is 33.2 Å². The van der Waals surface area contributed by atoms with Gasteiger partial charge in [0.05, 0.1) is 17.9 Å². The topological polar surface area (TPSA) is 74.5 Å². The number of nitrogens with zero attached hydrogens (tertiary/aromatic N) is 4. The highest BCUT2D eigenvalue weighted by atomic mass is 32.1. The van der Waals surface area contributed by atoms with E-state index in [1.165, 1.54) is 0 Å². The fourth-order valence-electron chi connectivity index (χ4n) is 2.69. The molecule has 6 heteroatoms. The Hall–Kier alpha value is -2.78. The van der Waals surface area contributed by atoms with Crippen LogP contribution in [0.1, 0.15) is 36.4 Å². The fraction of sp³-hybridized carbons (Fsp3) is 0.263. The standard InChI is InChI=1S/C19H19N5S/c1-3-15-16(10-20)18(24-23-17(15)4-2)21-11-14-12-25-19(22-14)13-8-6-5-7-9-13/h5-9,12H,3-4,11H2,1-2H3,(H,21,24). The Morgan fingerprint density at radius 3 is 2.60 bits per heavy atom. The van der Waals surface area contributed by atoms with Crippen molar-refractivity contribution in [3.05, 3.63) is 58.2 Å². The van der Waals surface area contributed by atoms with Crippen molar-refractivity contribution < 1.29 is 0 Å². The summed E-state index contributed by atoms with van der Waals surface area (Å²) in [6, 6.07) is 12.4. The van der Waals surface area contributed by atoms with Gasteiger partial charge in [-0.25, -0.2) is 4.98 Å². The highest BCUT2D eigenvalue weighted by molar-refractivity contribution is 7.13. The quantitative estimate of drug-likeness (QED) is 0.721. The Bertz CT molecular complexity index is 896. The maximum absolute atomic E-state index is 9.53. The lowest BCUT2D eigenvalue weighted by molar-refractivity contribution is 0.867. The van der Waals surface area contributed by atoms with Gasteiger partial charge in [-0.3, -0.25) is 0 Å². The van der Waals surface area contributed by atoms with Gasteiger partial charge in [0, 0.05) is 10.9 Å². The number of nitriles is 1. The average Bonchev–Trinajstić information content (AvgIpc) is 3.15. The van der Waals surface area contributed by atoms with Gasteiger partial charge in [0.2, 0.25) is 0 Å². The molecule has 0 saturated heterocycles. The third-order valence-electron chi connectivity index (χ3n) is 3.97. The summed E-state index contributed by atoms with van der Waals surface area (Å²) in [4.78, 5) is 4.65. The molecule has 0 spiro atoms. The van der Waals surface area contributed by atoms with Gasteiger partial charge in [0.1, 0.15) is 16.6 Å². The minimum absolute atomic E-state index is 0.515. The van der Waals surface area contributed by atoms with Gasteiger partial charge in [-0.1, -0.05) is 44.2 Å². The van der Waals surface area contributed by atoms with E-state index in [9.17, 15) is 5.26 Å². The lowest BCUT2D eigenvalue weighted by Crippen LogP contribution is -2.10. The van der Waals surface area contributed by atoms with Crippen LogP contribution in [0.2, 0.25) is 0 Å². The summed E-state index contributed by atoms with van der Waals surface area (Å²) in [5.41, 5.74) is 4.49. The van der Waals surface area contributed by atoms with Crippen molar-refractivity contribution in [2.75, 3.05) is 5.32 Å². The third-order valence-corrected chi connectivity index (χ3v) is 4.91. The van der Waals surface area contributed by atoms with E-state index in [2.05, 4.69) is 26.6 Å². The molecule has 0 atom stereocenters. The van der Waals surface area contributed by atoms with E-state index in [0.717, 1.165) is 40.4 Å². The SMILES string of the molecule is CCc1nnc(NCc2csc(-c3ccccc3)n2)c(C#N)c1CC. The Kier molecular flexibility index (Phi) is 5.36. The van der Waals surface area contributed by atoms with Crippen molar-refractivity contribution in [1.82, 2.24) is 15.2 Å². The number of nitrogens with one attached hydrogen (secondary N) is 1. The molecule has 0 bridgehead atoms. The fourth-order valence-corrected chi connectivity index (χ4v) is 3.52. The highest BCUT2D eigenvalue weighted by Gasteiger charge is 2.14. The number of anilines is 1. The van der Waals surface area contributed by atoms with E-state index >= 15 is 0 Å². The number of thiazole rings is 1. The summed E-state index contributed by atoms with van der Waals surface area (Å²) in [5.74, 6) is 0.533. The maximum Gasteiger partial charge on any atom is 0.167 e. The molecule has 0 aliphatic carbocycles. The average molecular weight is 349 g/mol. The number of hydrogen-bond donors (Lipinski definition) is 1. The minimum Gasteiger partial charge on any atom is -0.362 e. The van der Waals surface area contributed by atoms with Crippen LogP contribution in [0.5, 0.6) is 0 Å². The first kappa shape index (κ1) is 17.1. The van der Waals surface area contributed by atoms with Gasteiger partial charge in [0.15, 0.2) is 5.82 Å². The normalized spacial score (nSPS) is 10.4. The first-order valence-corrected chi connectivity index (χ1v) is 9.17. The zero-order valence-electron chi connectivity index (χ0n) is 14.3. The summed E-state index contributed by atoms with van der Waals surface area (Å²) in [7, 11) is 0. The van der Waals surface area contributed by atoms with Crippen LogP contribution >= 0.6 is 11.3 Å². The molecule has 25 heavy (non-hydrogen) atoms. The van der Waals surface area contributed by atoms with Crippen LogP contribution in [0.15, 0.2) is 35.7 Å². The van der Waals surface area contributed by atoms with Crippen LogP contribution in [-0.2, 0) is 19.4 Å². The number of benzene rings is 1.